The molecule has 0 unspecified atom stereocenters. The maximum absolute atomic E-state index is 12.1. The predicted octanol–water partition coefficient (Wildman–Crippen LogP) is 0.939. The number of hydrogen-bond acceptors (Lipinski definition) is 8. The first-order chi connectivity index (χ1) is 13.5. The van der Waals surface area contributed by atoms with Crippen LogP contribution in [0.1, 0.15) is 6.92 Å². The number of carbonyl (C=O) groups excluding carboxylic acids is 2. The standard InChI is InChI=1S/C17H20Cl3NO8/c1-8(22)27-7-11-13(23)14(24)12(21-16(25)17(18,19)20)15(29-11)28-10-5-3-9(26-2)4-6-10/h3-6,11-15,23-24H,7H2,1-2H3,(H,21,25)/t11-,12-,13+,14-,15+/m1/s1. The average Bonchev–Trinajstić information content (AvgIpc) is 2.66. The van der Waals surface area contributed by atoms with E-state index in [2.05, 4.69) is 5.32 Å². The minimum absolute atomic E-state index is 0.304. The van der Waals surface area contributed by atoms with Crippen LogP contribution in [0, 0.1) is 0 Å². The van der Waals surface area contributed by atoms with E-state index in [1.165, 1.54) is 14.0 Å². The molecule has 1 fully saturated rings. The summed E-state index contributed by atoms with van der Waals surface area (Å²) in [5.74, 6) is -0.774. The van der Waals surface area contributed by atoms with E-state index in [-0.39, 0.29) is 6.61 Å². The Kier molecular flexibility index (Phi) is 8.21. The first-order valence-electron chi connectivity index (χ1n) is 8.36. The second-order valence-corrected chi connectivity index (χ2v) is 8.40. The molecule has 0 saturated carbocycles. The van der Waals surface area contributed by atoms with Crippen molar-refractivity contribution in [3.05, 3.63) is 24.3 Å². The third-order valence-corrected chi connectivity index (χ3v) is 4.53. The molecular weight excluding hydrogens is 453 g/mol. The summed E-state index contributed by atoms with van der Waals surface area (Å²) in [6.07, 6.45) is -5.54. The summed E-state index contributed by atoms with van der Waals surface area (Å²) >= 11 is 16.7. The fourth-order valence-corrected chi connectivity index (χ4v) is 2.71. The van der Waals surface area contributed by atoms with Gasteiger partial charge in [0.05, 0.1) is 7.11 Å². The Balaban J connectivity index is 2.23. The second-order valence-electron chi connectivity index (χ2n) is 6.12. The summed E-state index contributed by atoms with van der Waals surface area (Å²) in [6, 6.07) is 5.07. The molecule has 1 aliphatic heterocycles. The van der Waals surface area contributed by atoms with E-state index in [9.17, 15) is 19.8 Å². The van der Waals surface area contributed by atoms with Gasteiger partial charge in [-0.2, -0.15) is 0 Å². The van der Waals surface area contributed by atoms with E-state index in [0.717, 1.165) is 0 Å². The van der Waals surface area contributed by atoms with Gasteiger partial charge in [-0.25, -0.2) is 0 Å². The topological polar surface area (TPSA) is 124 Å². The number of rotatable bonds is 6. The molecule has 3 N–H and O–H groups in total. The van der Waals surface area contributed by atoms with Gasteiger partial charge in [-0.05, 0) is 24.3 Å². The molecule has 0 radical (unpaired) electrons. The highest BCUT2D eigenvalue weighted by molar-refractivity contribution is 6.76. The average molecular weight is 473 g/mol. The number of ether oxygens (including phenoxy) is 4. The van der Waals surface area contributed by atoms with Gasteiger partial charge in [0.2, 0.25) is 6.29 Å². The Labute approximate surface area is 181 Å². The van der Waals surface area contributed by atoms with Crippen LogP contribution in [0.25, 0.3) is 0 Å². The Hall–Kier alpha value is -1.49. The van der Waals surface area contributed by atoms with Crippen molar-refractivity contribution >= 4 is 46.7 Å². The van der Waals surface area contributed by atoms with Gasteiger partial charge in [0.25, 0.3) is 9.70 Å². The molecule has 12 heteroatoms. The van der Waals surface area contributed by atoms with Crippen molar-refractivity contribution in [2.24, 2.45) is 0 Å². The molecule has 29 heavy (non-hydrogen) atoms. The molecule has 1 aromatic carbocycles. The number of benzene rings is 1. The van der Waals surface area contributed by atoms with Crippen LogP contribution in [0.4, 0.5) is 0 Å². The van der Waals surface area contributed by atoms with Crippen molar-refractivity contribution in [1.82, 2.24) is 5.32 Å². The molecule has 1 heterocycles. The molecule has 1 saturated heterocycles. The molecule has 0 aliphatic carbocycles. The lowest BCUT2D eigenvalue weighted by Gasteiger charge is -2.42. The molecule has 2 rings (SSSR count). The van der Waals surface area contributed by atoms with Gasteiger partial charge < -0.3 is 34.5 Å². The molecule has 162 valence electrons. The first-order valence-corrected chi connectivity index (χ1v) is 9.49. The summed E-state index contributed by atoms with van der Waals surface area (Å²) in [7, 11) is 1.50. The SMILES string of the molecule is COc1ccc(O[C@H]2O[C@H](COC(C)=O)[C@H](O)[C@H](O)[C@H]2NC(=O)C(Cl)(Cl)Cl)cc1. The van der Waals surface area contributed by atoms with Gasteiger partial charge in [0.1, 0.15) is 42.5 Å². The zero-order valence-corrected chi connectivity index (χ0v) is 17.6. The predicted molar refractivity (Wildman–Crippen MR) is 103 cm³/mol. The number of esters is 1. The van der Waals surface area contributed by atoms with Crippen LogP contribution in [-0.4, -0.2) is 70.2 Å². The molecule has 1 aromatic rings. The highest BCUT2D eigenvalue weighted by Gasteiger charge is 2.48. The summed E-state index contributed by atoms with van der Waals surface area (Å²) in [5, 5.41) is 23.1. The van der Waals surface area contributed by atoms with Gasteiger partial charge in [0, 0.05) is 6.92 Å². The molecule has 1 amide bonds. The van der Waals surface area contributed by atoms with Gasteiger partial charge in [-0.3, -0.25) is 9.59 Å². The maximum atomic E-state index is 12.1. The molecule has 0 spiro atoms. The van der Waals surface area contributed by atoms with E-state index in [0.29, 0.717) is 11.5 Å². The van der Waals surface area contributed by atoms with Gasteiger partial charge in [0.15, 0.2) is 0 Å². The number of methoxy groups -OCH3 is 1. The number of alkyl halides is 3. The molecule has 1 aliphatic rings. The van der Waals surface area contributed by atoms with Crippen LogP contribution in [0.3, 0.4) is 0 Å². The lowest BCUT2D eigenvalue weighted by molar-refractivity contribution is -0.246. The van der Waals surface area contributed by atoms with Crippen LogP contribution in [0.5, 0.6) is 11.5 Å². The van der Waals surface area contributed by atoms with Crippen molar-refractivity contribution in [2.75, 3.05) is 13.7 Å². The Morgan fingerprint density at radius 3 is 2.24 bits per heavy atom. The maximum Gasteiger partial charge on any atom is 0.302 e. The van der Waals surface area contributed by atoms with Crippen molar-refractivity contribution in [3.63, 3.8) is 0 Å². The lowest BCUT2D eigenvalue weighted by Crippen LogP contribution is -2.66. The van der Waals surface area contributed by atoms with Crippen LogP contribution < -0.4 is 14.8 Å². The summed E-state index contributed by atoms with van der Waals surface area (Å²) in [6.45, 7) is 0.835. The number of aliphatic hydroxyl groups is 2. The summed E-state index contributed by atoms with van der Waals surface area (Å²) < 4.78 is 18.9. The van der Waals surface area contributed by atoms with Gasteiger partial charge in [-0.15, -0.1) is 0 Å². The number of nitrogens with one attached hydrogen (secondary N) is 1. The van der Waals surface area contributed by atoms with E-state index >= 15 is 0 Å². The Morgan fingerprint density at radius 2 is 1.72 bits per heavy atom. The van der Waals surface area contributed by atoms with E-state index in [1.54, 1.807) is 24.3 Å². The highest BCUT2D eigenvalue weighted by atomic mass is 35.6. The van der Waals surface area contributed by atoms with Crippen LogP contribution in [0.2, 0.25) is 0 Å². The Morgan fingerprint density at radius 1 is 1.14 bits per heavy atom. The van der Waals surface area contributed by atoms with Crippen LogP contribution >= 0.6 is 34.8 Å². The van der Waals surface area contributed by atoms with E-state index < -0.39 is 46.3 Å². The van der Waals surface area contributed by atoms with Gasteiger partial charge >= 0.3 is 5.97 Å². The molecule has 5 atom stereocenters. The zero-order valence-electron chi connectivity index (χ0n) is 15.4. The first kappa shape index (κ1) is 23.8. The minimum atomic E-state index is -2.32. The molecule has 9 nitrogen and oxygen atoms in total. The number of carbonyl (C=O) groups is 2. The quantitative estimate of drug-likeness (QED) is 0.413. The second kappa shape index (κ2) is 10.0. The normalized spacial score (nSPS) is 27.1. The lowest BCUT2D eigenvalue weighted by atomic mass is 9.97. The van der Waals surface area contributed by atoms with Gasteiger partial charge in [-0.1, -0.05) is 34.8 Å². The monoisotopic (exact) mass is 471 g/mol. The number of halogens is 3. The largest absolute Gasteiger partial charge is 0.497 e. The fourth-order valence-electron chi connectivity index (χ4n) is 2.54. The third-order valence-electron chi connectivity index (χ3n) is 4.02. The van der Waals surface area contributed by atoms with Crippen LogP contribution in [-0.2, 0) is 19.1 Å². The fraction of sp³-hybridized carbons (Fsp3) is 0.529. The highest BCUT2D eigenvalue weighted by Crippen LogP contribution is 2.29. The number of amides is 1. The van der Waals surface area contributed by atoms with E-state index in [1.807, 2.05) is 0 Å². The smallest absolute Gasteiger partial charge is 0.302 e. The summed E-state index contributed by atoms with van der Waals surface area (Å²) in [4.78, 5) is 23.1. The van der Waals surface area contributed by atoms with Crippen LogP contribution in [0.15, 0.2) is 24.3 Å². The number of hydrogen-bond donors (Lipinski definition) is 3. The van der Waals surface area contributed by atoms with Crippen molar-refractivity contribution < 1.29 is 38.7 Å². The van der Waals surface area contributed by atoms with Crippen molar-refractivity contribution in [1.29, 1.82) is 0 Å². The zero-order chi connectivity index (χ0) is 21.8. The third kappa shape index (κ3) is 6.50. The number of aliphatic hydroxyl groups excluding tert-OH is 2. The molecular formula is C17H20Cl3NO8. The Bertz CT molecular complexity index is 712. The molecule has 0 bridgehead atoms. The van der Waals surface area contributed by atoms with E-state index in [4.69, 9.17) is 53.8 Å². The van der Waals surface area contributed by atoms with Crippen molar-refractivity contribution in [2.45, 2.75) is 41.4 Å². The minimum Gasteiger partial charge on any atom is -0.497 e. The summed E-state index contributed by atoms with van der Waals surface area (Å²) in [5.41, 5.74) is 0. The molecule has 0 aromatic heterocycles. The van der Waals surface area contributed by atoms with Crippen molar-refractivity contribution in [3.8, 4) is 11.5 Å².